The van der Waals surface area contributed by atoms with Crippen LogP contribution in [0.2, 0.25) is 5.02 Å². The molecule has 0 atom stereocenters. The molecule has 2 aromatic carbocycles. The Morgan fingerprint density at radius 3 is 2.59 bits per heavy atom. The number of anilines is 2. The summed E-state index contributed by atoms with van der Waals surface area (Å²) in [5.74, 6) is -0.439. The zero-order valence-electron chi connectivity index (χ0n) is 8.74. The molecule has 0 amide bonds. The van der Waals surface area contributed by atoms with Gasteiger partial charge in [-0.25, -0.2) is 4.39 Å². The van der Waals surface area contributed by atoms with Crippen LogP contribution >= 0.6 is 11.6 Å². The molecule has 0 unspecified atom stereocenters. The van der Waals surface area contributed by atoms with Crippen molar-refractivity contribution in [3.8, 4) is 6.07 Å². The van der Waals surface area contributed by atoms with Crippen molar-refractivity contribution in [3.63, 3.8) is 0 Å². The van der Waals surface area contributed by atoms with E-state index in [1.165, 1.54) is 18.2 Å². The second-order valence-electron chi connectivity index (χ2n) is 3.41. The lowest BCUT2D eigenvalue weighted by Crippen LogP contribution is -1.94. The monoisotopic (exact) mass is 246 g/mol. The van der Waals surface area contributed by atoms with Crippen LogP contribution in [0.3, 0.4) is 0 Å². The van der Waals surface area contributed by atoms with Gasteiger partial charge in [-0.1, -0.05) is 23.7 Å². The third-order valence-electron chi connectivity index (χ3n) is 2.25. The van der Waals surface area contributed by atoms with Crippen molar-refractivity contribution in [2.24, 2.45) is 0 Å². The highest BCUT2D eigenvalue weighted by atomic mass is 35.5. The van der Waals surface area contributed by atoms with Crippen LogP contribution in [-0.2, 0) is 0 Å². The van der Waals surface area contributed by atoms with Gasteiger partial charge in [-0.15, -0.1) is 0 Å². The molecule has 2 nitrogen and oxygen atoms in total. The molecular formula is C13H8ClFN2. The summed E-state index contributed by atoms with van der Waals surface area (Å²) in [5.41, 5.74) is 1.45. The number of nitrogens with zero attached hydrogens (tertiary/aromatic N) is 1. The molecular weight excluding hydrogens is 239 g/mol. The Hall–Kier alpha value is -2.05. The van der Waals surface area contributed by atoms with Crippen molar-refractivity contribution in [1.29, 1.82) is 5.26 Å². The fourth-order valence-electron chi connectivity index (χ4n) is 1.43. The molecule has 0 heterocycles. The summed E-state index contributed by atoms with van der Waals surface area (Å²) in [4.78, 5) is 0. The Morgan fingerprint density at radius 2 is 1.88 bits per heavy atom. The lowest BCUT2D eigenvalue weighted by molar-refractivity contribution is 0.627. The molecule has 0 aromatic heterocycles. The van der Waals surface area contributed by atoms with Gasteiger partial charge in [-0.3, -0.25) is 0 Å². The van der Waals surface area contributed by atoms with E-state index in [0.717, 1.165) is 0 Å². The van der Waals surface area contributed by atoms with E-state index < -0.39 is 5.82 Å². The van der Waals surface area contributed by atoms with Crippen LogP contribution < -0.4 is 5.32 Å². The van der Waals surface area contributed by atoms with Crippen molar-refractivity contribution >= 4 is 23.0 Å². The molecule has 17 heavy (non-hydrogen) atoms. The molecule has 0 aliphatic heterocycles. The number of nitrogens with one attached hydrogen (secondary N) is 1. The first-order chi connectivity index (χ1) is 8.20. The number of rotatable bonds is 2. The maximum atomic E-state index is 12.9. The topological polar surface area (TPSA) is 35.8 Å². The van der Waals surface area contributed by atoms with Gasteiger partial charge in [-0.05, 0) is 30.3 Å². The van der Waals surface area contributed by atoms with E-state index in [9.17, 15) is 4.39 Å². The van der Waals surface area contributed by atoms with Crippen molar-refractivity contribution < 1.29 is 4.39 Å². The van der Waals surface area contributed by atoms with Crippen LogP contribution in [0.25, 0.3) is 0 Å². The summed E-state index contributed by atoms with van der Waals surface area (Å²) in [6, 6.07) is 13.1. The highest BCUT2D eigenvalue weighted by molar-refractivity contribution is 6.33. The fourth-order valence-corrected chi connectivity index (χ4v) is 1.61. The minimum atomic E-state index is -0.439. The smallest absolute Gasteiger partial charge is 0.124 e. The molecule has 1 N–H and O–H groups in total. The van der Waals surface area contributed by atoms with Gasteiger partial charge in [0.2, 0.25) is 0 Å². The maximum absolute atomic E-state index is 12.9. The van der Waals surface area contributed by atoms with E-state index in [1.807, 2.05) is 18.2 Å². The molecule has 2 aromatic rings. The van der Waals surface area contributed by atoms with Crippen LogP contribution in [0.15, 0.2) is 42.5 Å². The minimum absolute atomic E-state index is 0.241. The second kappa shape index (κ2) is 4.86. The second-order valence-corrected chi connectivity index (χ2v) is 3.81. The summed E-state index contributed by atoms with van der Waals surface area (Å²) in [5, 5.41) is 12.4. The zero-order valence-corrected chi connectivity index (χ0v) is 9.50. The molecule has 0 saturated carbocycles. The lowest BCUT2D eigenvalue weighted by Gasteiger charge is -2.09. The maximum Gasteiger partial charge on any atom is 0.124 e. The van der Waals surface area contributed by atoms with Gasteiger partial charge in [0.1, 0.15) is 11.9 Å². The number of benzene rings is 2. The molecule has 0 spiro atoms. The van der Waals surface area contributed by atoms with E-state index in [2.05, 4.69) is 5.32 Å². The molecule has 0 radical (unpaired) electrons. The predicted octanol–water partition coefficient (Wildman–Crippen LogP) is 4.09. The van der Waals surface area contributed by atoms with Crippen molar-refractivity contribution in [2.45, 2.75) is 0 Å². The molecule has 0 saturated heterocycles. The number of nitriles is 1. The van der Waals surface area contributed by atoms with Gasteiger partial charge >= 0.3 is 0 Å². The van der Waals surface area contributed by atoms with Crippen LogP contribution in [0.4, 0.5) is 15.8 Å². The van der Waals surface area contributed by atoms with Crippen LogP contribution in [0, 0.1) is 17.1 Å². The van der Waals surface area contributed by atoms with Gasteiger partial charge in [-0.2, -0.15) is 5.26 Å². The third kappa shape index (κ3) is 2.55. The fraction of sp³-hybridized carbons (Fsp3) is 0. The SMILES string of the molecule is N#Cc1cc(F)ccc1Nc1ccccc1Cl. The van der Waals surface area contributed by atoms with Crippen molar-refractivity contribution in [1.82, 2.24) is 0 Å². The van der Waals surface area contributed by atoms with E-state index in [4.69, 9.17) is 16.9 Å². The molecule has 0 aliphatic rings. The van der Waals surface area contributed by atoms with Gasteiger partial charge in [0, 0.05) is 0 Å². The predicted molar refractivity (Wildman–Crippen MR) is 65.8 cm³/mol. The number of hydrogen-bond acceptors (Lipinski definition) is 2. The van der Waals surface area contributed by atoms with E-state index >= 15 is 0 Å². The van der Waals surface area contributed by atoms with Crippen LogP contribution in [0.1, 0.15) is 5.56 Å². The first-order valence-electron chi connectivity index (χ1n) is 4.92. The van der Waals surface area contributed by atoms with Gasteiger partial charge in [0.15, 0.2) is 0 Å². The minimum Gasteiger partial charge on any atom is -0.353 e. The van der Waals surface area contributed by atoms with Crippen LogP contribution in [0.5, 0.6) is 0 Å². The molecule has 2 rings (SSSR count). The van der Waals surface area contributed by atoms with Gasteiger partial charge in [0.25, 0.3) is 0 Å². The number of para-hydroxylation sites is 1. The van der Waals surface area contributed by atoms with E-state index in [0.29, 0.717) is 16.4 Å². The summed E-state index contributed by atoms with van der Waals surface area (Å²) >= 11 is 5.98. The van der Waals surface area contributed by atoms with Crippen LogP contribution in [-0.4, -0.2) is 0 Å². The average Bonchev–Trinajstić information content (AvgIpc) is 2.34. The normalized spacial score (nSPS) is 9.71. The molecule has 4 heteroatoms. The summed E-state index contributed by atoms with van der Waals surface area (Å²) in [7, 11) is 0. The summed E-state index contributed by atoms with van der Waals surface area (Å²) in [6.07, 6.45) is 0. The molecule has 84 valence electrons. The Labute approximate surface area is 103 Å². The van der Waals surface area contributed by atoms with Crippen molar-refractivity contribution in [2.75, 3.05) is 5.32 Å². The zero-order chi connectivity index (χ0) is 12.3. The van der Waals surface area contributed by atoms with E-state index in [-0.39, 0.29) is 5.56 Å². The third-order valence-corrected chi connectivity index (χ3v) is 2.57. The lowest BCUT2D eigenvalue weighted by atomic mass is 10.2. The largest absolute Gasteiger partial charge is 0.353 e. The van der Waals surface area contributed by atoms with E-state index in [1.54, 1.807) is 12.1 Å². The highest BCUT2D eigenvalue weighted by Gasteiger charge is 2.05. The van der Waals surface area contributed by atoms with Crippen molar-refractivity contribution in [3.05, 3.63) is 58.9 Å². The Morgan fingerprint density at radius 1 is 1.12 bits per heavy atom. The number of halogens is 2. The number of hydrogen-bond donors (Lipinski definition) is 1. The van der Waals surface area contributed by atoms with Gasteiger partial charge in [0.05, 0.1) is 22.0 Å². The summed E-state index contributed by atoms with van der Waals surface area (Å²) < 4.78 is 12.9. The molecule has 0 aliphatic carbocycles. The standard InChI is InChI=1S/C13H8ClFN2/c14-11-3-1-2-4-13(11)17-12-6-5-10(15)7-9(12)8-16/h1-7,17H. The molecule has 0 bridgehead atoms. The van der Waals surface area contributed by atoms with Gasteiger partial charge < -0.3 is 5.32 Å². The summed E-state index contributed by atoms with van der Waals surface area (Å²) in [6.45, 7) is 0. The average molecular weight is 247 g/mol. The highest BCUT2D eigenvalue weighted by Crippen LogP contribution is 2.26. The quantitative estimate of drug-likeness (QED) is 0.866. The first-order valence-corrected chi connectivity index (χ1v) is 5.29. The Balaban J connectivity index is 2.37. The first kappa shape index (κ1) is 11.4. The molecule has 0 fully saturated rings. The Kier molecular flexibility index (Phi) is 3.27. The Bertz CT molecular complexity index is 590.